The van der Waals surface area contributed by atoms with Crippen LogP contribution in [-0.2, 0) is 6.61 Å². The van der Waals surface area contributed by atoms with Gasteiger partial charge in [0.25, 0.3) is 5.91 Å². The van der Waals surface area contributed by atoms with Crippen LogP contribution in [-0.4, -0.2) is 15.8 Å². The fourth-order valence-corrected chi connectivity index (χ4v) is 2.46. The molecule has 0 fully saturated rings. The van der Waals surface area contributed by atoms with Crippen LogP contribution < -0.4 is 16.0 Å². The number of thiophene rings is 1. The Hall–Kier alpha value is -2.52. The molecular formula is C12H12N4O4S. The third kappa shape index (κ3) is 3.33. The third-order valence-corrected chi connectivity index (χ3v) is 3.57. The quantitative estimate of drug-likeness (QED) is 0.374. The zero-order valence-corrected chi connectivity index (χ0v) is 11.8. The number of amides is 1. The maximum Gasteiger partial charge on any atom is 0.406 e. The van der Waals surface area contributed by atoms with E-state index in [0.717, 1.165) is 0 Å². The molecule has 2 heterocycles. The van der Waals surface area contributed by atoms with Crippen LogP contribution in [0.5, 0.6) is 5.75 Å². The summed E-state index contributed by atoms with van der Waals surface area (Å²) in [6, 6.07) is 4.79. The Balaban J connectivity index is 2.19. The van der Waals surface area contributed by atoms with Crippen LogP contribution in [0.15, 0.2) is 23.6 Å². The fraction of sp³-hybridized carbons (Fsp3) is 0.167. The Bertz CT molecular complexity index is 686. The maximum atomic E-state index is 11.5. The number of nitrogens with one attached hydrogen (secondary N) is 1. The molecule has 2 aromatic rings. The minimum Gasteiger partial charge on any atom is -0.481 e. The molecule has 0 unspecified atom stereocenters. The molecule has 0 spiro atoms. The predicted octanol–water partition coefficient (Wildman–Crippen LogP) is 1.54. The highest BCUT2D eigenvalue weighted by Gasteiger charge is 2.19. The molecule has 3 N–H and O–H groups in total. The van der Waals surface area contributed by atoms with Crippen molar-refractivity contribution in [3.05, 3.63) is 49.8 Å². The van der Waals surface area contributed by atoms with Crippen LogP contribution in [0.25, 0.3) is 0 Å². The van der Waals surface area contributed by atoms with Crippen LogP contribution in [0, 0.1) is 17.0 Å². The van der Waals surface area contributed by atoms with Gasteiger partial charge in [0.2, 0.25) is 5.75 Å². The van der Waals surface area contributed by atoms with Crippen molar-refractivity contribution >= 4 is 23.1 Å². The summed E-state index contributed by atoms with van der Waals surface area (Å²) in [5.41, 5.74) is 3.15. The maximum absolute atomic E-state index is 11.5. The Morgan fingerprint density at radius 2 is 2.29 bits per heavy atom. The van der Waals surface area contributed by atoms with Crippen molar-refractivity contribution in [3.63, 3.8) is 0 Å². The standard InChI is InChI=1S/C12H12N4O4S/c1-7-2-3-9(11(14-7)16(18)19)20-6-8-4-5-21-10(8)12(17)15-13/h2-5H,6,13H2,1H3,(H,15,17). The topological polar surface area (TPSA) is 120 Å². The van der Waals surface area contributed by atoms with Gasteiger partial charge in [-0.2, -0.15) is 0 Å². The number of hydrazine groups is 1. The van der Waals surface area contributed by atoms with E-state index in [1.165, 1.54) is 17.4 Å². The highest BCUT2D eigenvalue weighted by molar-refractivity contribution is 7.12. The first-order valence-electron chi connectivity index (χ1n) is 5.85. The number of rotatable bonds is 5. The van der Waals surface area contributed by atoms with Crippen molar-refractivity contribution in [2.45, 2.75) is 13.5 Å². The lowest BCUT2D eigenvalue weighted by atomic mass is 10.2. The molecule has 0 saturated carbocycles. The Morgan fingerprint density at radius 3 is 2.95 bits per heavy atom. The van der Waals surface area contributed by atoms with Crippen LogP contribution in [0.2, 0.25) is 0 Å². The van der Waals surface area contributed by atoms with E-state index in [9.17, 15) is 14.9 Å². The van der Waals surface area contributed by atoms with Crippen molar-refractivity contribution in [3.8, 4) is 5.75 Å². The first-order chi connectivity index (χ1) is 10.0. The summed E-state index contributed by atoms with van der Waals surface area (Å²) in [5, 5.41) is 12.7. The minimum absolute atomic E-state index is 0.0117. The van der Waals surface area contributed by atoms with E-state index in [-0.39, 0.29) is 18.2 Å². The number of ether oxygens (including phenoxy) is 1. The average molecular weight is 308 g/mol. The molecule has 0 saturated heterocycles. The lowest BCUT2D eigenvalue weighted by molar-refractivity contribution is -0.390. The summed E-state index contributed by atoms with van der Waals surface area (Å²) in [7, 11) is 0. The normalized spacial score (nSPS) is 10.2. The summed E-state index contributed by atoms with van der Waals surface area (Å²) < 4.78 is 5.41. The van der Waals surface area contributed by atoms with Crippen LogP contribution in [0.3, 0.4) is 0 Å². The molecule has 2 aromatic heterocycles. The number of carbonyl (C=O) groups excluding carboxylic acids is 1. The number of nitrogens with two attached hydrogens (primary N) is 1. The summed E-state index contributed by atoms with van der Waals surface area (Å²) in [5.74, 6) is 4.36. The fourth-order valence-electron chi connectivity index (χ4n) is 1.64. The van der Waals surface area contributed by atoms with Gasteiger partial charge in [0.1, 0.15) is 12.3 Å². The first-order valence-corrected chi connectivity index (χ1v) is 6.73. The number of aryl methyl sites for hydroxylation is 1. The zero-order valence-electron chi connectivity index (χ0n) is 11.0. The summed E-state index contributed by atoms with van der Waals surface area (Å²) in [4.78, 5) is 26.1. The van der Waals surface area contributed by atoms with Crippen molar-refractivity contribution < 1.29 is 14.5 Å². The van der Waals surface area contributed by atoms with Crippen molar-refractivity contribution in [1.29, 1.82) is 0 Å². The number of hydrogen-bond acceptors (Lipinski definition) is 7. The minimum atomic E-state index is -0.608. The van der Waals surface area contributed by atoms with Gasteiger partial charge in [-0.15, -0.1) is 11.3 Å². The SMILES string of the molecule is Cc1ccc(OCc2ccsc2C(=O)NN)c([N+](=O)[O-])n1. The van der Waals surface area contributed by atoms with E-state index >= 15 is 0 Å². The van der Waals surface area contributed by atoms with Crippen molar-refractivity contribution in [1.82, 2.24) is 10.4 Å². The zero-order chi connectivity index (χ0) is 15.4. The van der Waals surface area contributed by atoms with Gasteiger partial charge in [-0.05, 0) is 33.5 Å². The molecule has 0 aromatic carbocycles. The molecule has 0 aliphatic carbocycles. The molecule has 1 amide bonds. The first kappa shape index (κ1) is 14.9. The largest absolute Gasteiger partial charge is 0.481 e. The van der Waals surface area contributed by atoms with E-state index in [2.05, 4.69) is 4.98 Å². The van der Waals surface area contributed by atoms with Crippen molar-refractivity contribution in [2.75, 3.05) is 0 Å². The second-order valence-corrected chi connectivity index (χ2v) is 4.98. The molecule has 0 atom stereocenters. The van der Waals surface area contributed by atoms with Gasteiger partial charge in [-0.3, -0.25) is 10.2 Å². The highest BCUT2D eigenvalue weighted by atomic mass is 32.1. The van der Waals surface area contributed by atoms with Crippen LogP contribution in [0.1, 0.15) is 20.9 Å². The number of nitro groups is 1. The van der Waals surface area contributed by atoms with Crippen LogP contribution >= 0.6 is 11.3 Å². The predicted molar refractivity (Wildman–Crippen MR) is 75.9 cm³/mol. The molecule has 0 radical (unpaired) electrons. The highest BCUT2D eigenvalue weighted by Crippen LogP contribution is 2.26. The van der Waals surface area contributed by atoms with Gasteiger partial charge in [-0.1, -0.05) is 0 Å². The lowest BCUT2D eigenvalue weighted by Crippen LogP contribution is -2.30. The molecule has 2 rings (SSSR count). The molecular weight excluding hydrogens is 296 g/mol. The molecule has 0 bridgehead atoms. The Labute approximate surface area is 123 Å². The molecule has 21 heavy (non-hydrogen) atoms. The summed E-state index contributed by atoms with van der Waals surface area (Å²) in [6.07, 6.45) is 0. The van der Waals surface area contributed by atoms with Gasteiger partial charge < -0.3 is 14.9 Å². The summed E-state index contributed by atoms with van der Waals surface area (Å²) in [6.45, 7) is 1.66. The molecule has 0 aliphatic heterocycles. The second-order valence-electron chi connectivity index (χ2n) is 4.07. The number of carbonyl (C=O) groups is 1. The van der Waals surface area contributed by atoms with Gasteiger partial charge >= 0.3 is 5.82 Å². The van der Waals surface area contributed by atoms with Crippen molar-refractivity contribution in [2.24, 2.45) is 5.84 Å². The molecule has 8 nitrogen and oxygen atoms in total. The third-order valence-electron chi connectivity index (χ3n) is 2.62. The smallest absolute Gasteiger partial charge is 0.406 e. The van der Waals surface area contributed by atoms with E-state index in [1.807, 2.05) is 5.43 Å². The van der Waals surface area contributed by atoms with E-state index in [4.69, 9.17) is 10.6 Å². The number of pyridine rings is 1. The number of nitrogens with zero attached hydrogens (tertiary/aromatic N) is 2. The monoisotopic (exact) mass is 308 g/mol. The number of aromatic nitrogens is 1. The lowest BCUT2D eigenvalue weighted by Gasteiger charge is -2.07. The van der Waals surface area contributed by atoms with Crippen LogP contribution in [0.4, 0.5) is 5.82 Å². The van der Waals surface area contributed by atoms with Gasteiger partial charge in [0.15, 0.2) is 0 Å². The van der Waals surface area contributed by atoms with Gasteiger partial charge in [0, 0.05) is 12.5 Å². The number of hydrogen-bond donors (Lipinski definition) is 2. The Kier molecular flexibility index (Phi) is 4.45. The molecule has 9 heteroatoms. The molecule has 0 aliphatic rings. The Morgan fingerprint density at radius 1 is 1.52 bits per heavy atom. The average Bonchev–Trinajstić information content (AvgIpc) is 2.93. The second kappa shape index (κ2) is 6.29. The van der Waals surface area contributed by atoms with E-state index < -0.39 is 10.8 Å². The summed E-state index contributed by atoms with van der Waals surface area (Å²) >= 11 is 1.21. The number of nitrogen functional groups attached to an aromatic ring is 1. The van der Waals surface area contributed by atoms with E-state index in [1.54, 1.807) is 24.4 Å². The van der Waals surface area contributed by atoms with Gasteiger partial charge in [0.05, 0.1) is 4.88 Å². The molecule has 110 valence electrons. The van der Waals surface area contributed by atoms with E-state index in [0.29, 0.717) is 16.1 Å². The van der Waals surface area contributed by atoms with Gasteiger partial charge in [-0.25, -0.2) is 5.84 Å².